The predicted molar refractivity (Wildman–Crippen MR) is 73.0 cm³/mol. The third kappa shape index (κ3) is 3.14. The Morgan fingerprint density at radius 3 is 2.75 bits per heavy atom. The summed E-state index contributed by atoms with van der Waals surface area (Å²) in [7, 11) is 0. The summed E-state index contributed by atoms with van der Waals surface area (Å²) in [6.45, 7) is 0.873. The van der Waals surface area contributed by atoms with Crippen LogP contribution in [0.1, 0.15) is 5.56 Å². The van der Waals surface area contributed by atoms with Crippen LogP contribution in [0.4, 0.5) is 5.69 Å². The van der Waals surface area contributed by atoms with Crippen LogP contribution in [-0.2, 0) is 6.42 Å². The van der Waals surface area contributed by atoms with Gasteiger partial charge in [-0.1, -0.05) is 23.2 Å². The molecule has 0 amide bonds. The van der Waals surface area contributed by atoms with Crippen molar-refractivity contribution in [2.24, 2.45) is 0 Å². The summed E-state index contributed by atoms with van der Waals surface area (Å²) >= 11 is 13.6. The summed E-state index contributed by atoms with van der Waals surface area (Å²) < 4.78 is 0. The molecule has 0 fully saturated rings. The minimum Gasteiger partial charge on any atom is -0.384 e. The number of hydrogen-bond acceptors (Lipinski definition) is 2. The number of nitrogens with one attached hydrogen (secondary N) is 1. The van der Waals surface area contributed by atoms with Gasteiger partial charge in [0.15, 0.2) is 0 Å². The molecule has 4 heteroatoms. The van der Waals surface area contributed by atoms with Crippen LogP contribution in [-0.4, -0.2) is 6.54 Å². The molecule has 0 aliphatic heterocycles. The molecule has 2 aromatic rings. The smallest absolute Gasteiger partial charge is 0.0652 e. The molecule has 0 unspecified atom stereocenters. The van der Waals surface area contributed by atoms with Gasteiger partial charge in [0.2, 0.25) is 0 Å². The Kier molecular flexibility index (Phi) is 4.10. The van der Waals surface area contributed by atoms with Crippen LogP contribution in [0.15, 0.2) is 35.0 Å². The SMILES string of the molecule is Clc1ccc(NCCc2ccsc2)c(Cl)c1. The van der Waals surface area contributed by atoms with Crippen molar-refractivity contribution in [1.29, 1.82) is 0 Å². The molecule has 1 heterocycles. The van der Waals surface area contributed by atoms with Gasteiger partial charge in [-0.15, -0.1) is 0 Å². The average Bonchev–Trinajstić information content (AvgIpc) is 2.74. The molecule has 1 nitrogen and oxygen atoms in total. The van der Waals surface area contributed by atoms with Gasteiger partial charge in [0.1, 0.15) is 0 Å². The van der Waals surface area contributed by atoms with E-state index in [-0.39, 0.29) is 0 Å². The normalized spacial score (nSPS) is 10.4. The second-order valence-electron chi connectivity index (χ2n) is 3.43. The standard InChI is InChI=1S/C12H11Cl2NS/c13-10-1-2-12(11(14)7-10)15-5-3-9-4-6-16-8-9/h1-2,4,6-8,15H,3,5H2. The first-order valence-electron chi connectivity index (χ1n) is 4.96. The molecule has 16 heavy (non-hydrogen) atoms. The molecule has 0 bridgehead atoms. The van der Waals surface area contributed by atoms with Crippen LogP contribution >= 0.6 is 34.5 Å². The average molecular weight is 272 g/mol. The fourth-order valence-corrected chi connectivity index (χ4v) is 2.59. The van der Waals surface area contributed by atoms with E-state index in [0.29, 0.717) is 10.0 Å². The molecule has 0 aliphatic rings. The maximum atomic E-state index is 6.05. The molecule has 1 N–H and O–H groups in total. The highest BCUT2D eigenvalue weighted by atomic mass is 35.5. The molecular formula is C12H11Cl2NS. The lowest BCUT2D eigenvalue weighted by atomic mass is 10.2. The minimum atomic E-state index is 0.661. The molecule has 0 saturated heterocycles. The van der Waals surface area contributed by atoms with Gasteiger partial charge in [-0.25, -0.2) is 0 Å². The highest BCUT2D eigenvalue weighted by Crippen LogP contribution is 2.25. The third-order valence-corrected chi connectivity index (χ3v) is 3.52. The van der Waals surface area contributed by atoms with E-state index in [9.17, 15) is 0 Å². The number of benzene rings is 1. The number of anilines is 1. The van der Waals surface area contributed by atoms with Gasteiger partial charge in [0.05, 0.1) is 10.7 Å². The largest absolute Gasteiger partial charge is 0.384 e. The second-order valence-corrected chi connectivity index (χ2v) is 5.06. The van der Waals surface area contributed by atoms with Gasteiger partial charge in [0, 0.05) is 11.6 Å². The summed E-state index contributed by atoms with van der Waals surface area (Å²) in [6.07, 6.45) is 1.00. The first-order valence-corrected chi connectivity index (χ1v) is 6.65. The molecule has 0 aliphatic carbocycles. The molecule has 1 aromatic carbocycles. The van der Waals surface area contributed by atoms with E-state index < -0.39 is 0 Å². The van der Waals surface area contributed by atoms with E-state index >= 15 is 0 Å². The zero-order chi connectivity index (χ0) is 11.4. The lowest BCUT2D eigenvalue weighted by molar-refractivity contribution is 1.03. The van der Waals surface area contributed by atoms with Crippen LogP contribution in [0, 0.1) is 0 Å². The molecule has 2 rings (SSSR count). The van der Waals surface area contributed by atoms with E-state index in [1.54, 1.807) is 17.4 Å². The van der Waals surface area contributed by atoms with Gasteiger partial charge in [-0.05, 0) is 47.0 Å². The molecule has 0 atom stereocenters. The van der Waals surface area contributed by atoms with Crippen molar-refractivity contribution >= 4 is 40.2 Å². The van der Waals surface area contributed by atoms with Gasteiger partial charge in [-0.2, -0.15) is 11.3 Å². The Labute approximate surface area is 109 Å². The first-order chi connectivity index (χ1) is 7.75. The summed E-state index contributed by atoms with van der Waals surface area (Å²) in [5, 5.41) is 8.86. The van der Waals surface area contributed by atoms with E-state index in [4.69, 9.17) is 23.2 Å². The van der Waals surface area contributed by atoms with E-state index in [2.05, 4.69) is 22.1 Å². The van der Waals surface area contributed by atoms with Crippen molar-refractivity contribution in [3.05, 3.63) is 50.6 Å². The Hall–Kier alpha value is -0.700. The molecule has 0 saturated carbocycles. The van der Waals surface area contributed by atoms with Crippen molar-refractivity contribution < 1.29 is 0 Å². The summed E-state index contributed by atoms with van der Waals surface area (Å²) in [5.41, 5.74) is 2.28. The van der Waals surface area contributed by atoms with E-state index in [0.717, 1.165) is 18.7 Å². The maximum absolute atomic E-state index is 6.05. The third-order valence-electron chi connectivity index (χ3n) is 2.24. The van der Waals surface area contributed by atoms with Crippen molar-refractivity contribution in [1.82, 2.24) is 0 Å². The Bertz CT molecular complexity index is 454. The summed E-state index contributed by atoms with van der Waals surface area (Å²) in [6, 6.07) is 7.62. The quantitative estimate of drug-likeness (QED) is 0.849. The van der Waals surface area contributed by atoms with Crippen LogP contribution in [0.3, 0.4) is 0 Å². The van der Waals surface area contributed by atoms with E-state index in [1.165, 1.54) is 5.56 Å². The molecule has 0 spiro atoms. The fourth-order valence-electron chi connectivity index (χ4n) is 1.41. The molecule has 84 valence electrons. The predicted octanol–water partition coefficient (Wildman–Crippen LogP) is 4.71. The van der Waals surface area contributed by atoms with Crippen molar-refractivity contribution in [3.8, 4) is 0 Å². The summed E-state index contributed by atoms with van der Waals surface area (Å²) in [5.74, 6) is 0. The van der Waals surface area contributed by atoms with Crippen molar-refractivity contribution in [2.45, 2.75) is 6.42 Å². The molecular weight excluding hydrogens is 261 g/mol. The molecule has 1 aromatic heterocycles. The Morgan fingerprint density at radius 1 is 1.19 bits per heavy atom. The summed E-state index contributed by atoms with van der Waals surface area (Å²) in [4.78, 5) is 0. The zero-order valence-corrected chi connectivity index (χ0v) is 10.9. The van der Waals surface area contributed by atoms with Crippen LogP contribution in [0.5, 0.6) is 0 Å². The van der Waals surface area contributed by atoms with Gasteiger partial charge in [-0.3, -0.25) is 0 Å². The molecule has 0 radical (unpaired) electrons. The number of rotatable bonds is 4. The van der Waals surface area contributed by atoms with Crippen LogP contribution in [0.25, 0.3) is 0 Å². The highest BCUT2D eigenvalue weighted by molar-refractivity contribution is 7.07. The maximum Gasteiger partial charge on any atom is 0.0652 e. The van der Waals surface area contributed by atoms with Crippen molar-refractivity contribution in [2.75, 3.05) is 11.9 Å². The monoisotopic (exact) mass is 271 g/mol. The van der Waals surface area contributed by atoms with Crippen molar-refractivity contribution in [3.63, 3.8) is 0 Å². The number of halogens is 2. The topological polar surface area (TPSA) is 12.0 Å². The highest BCUT2D eigenvalue weighted by Gasteiger charge is 2.00. The lowest BCUT2D eigenvalue weighted by Crippen LogP contribution is -2.04. The number of hydrogen-bond donors (Lipinski definition) is 1. The van der Waals surface area contributed by atoms with Gasteiger partial charge < -0.3 is 5.32 Å². The second kappa shape index (κ2) is 5.58. The fraction of sp³-hybridized carbons (Fsp3) is 0.167. The minimum absolute atomic E-state index is 0.661. The Balaban J connectivity index is 1.90. The van der Waals surface area contributed by atoms with Gasteiger partial charge >= 0.3 is 0 Å². The first kappa shape index (κ1) is 11.8. The van der Waals surface area contributed by atoms with Crippen LogP contribution in [0.2, 0.25) is 10.0 Å². The van der Waals surface area contributed by atoms with Crippen LogP contribution < -0.4 is 5.32 Å². The zero-order valence-electron chi connectivity index (χ0n) is 8.54. The Morgan fingerprint density at radius 2 is 2.06 bits per heavy atom. The lowest BCUT2D eigenvalue weighted by Gasteiger charge is -2.07. The number of thiophene rings is 1. The van der Waals surface area contributed by atoms with Gasteiger partial charge in [0.25, 0.3) is 0 Å². The van der Waals surface area contributed by atoms with E-state index in [1.807, 2.05) is 12.1 Å².